The molecule has 0 spiro atoms. The number of aliphatic hydroxyl groups is 2. The zero-order valence-electron chi connectivity index (χ0n) is 48.0. The van der Waals surface area contributed by atoms with Gasteiger partial charge in [-0.15, -0.1) is 0 Å². The number of hydrogen-bond acceptors (Lipinski definition) is 19. The van der Waals surface area contributed by atoms with Crippen LogP contribution in [0.3, 0.4) is 0 Å². The molecule has 34 nitrogen and oxygen atoms in total. The van der Waals surface area contributed by atoms with Crippen LogP contribution in [0.5, 0.6) is 0 Å². The van der Waals surface area contributed by atoms with Crippen molar-refractivity contribution in [3.05, 3.63) is 0 Å². The van der Waals surface area contributed by atoms with Gasteiger partial charge in [-0.25, -0.2) is 4.79 Å². The number of carbonyl (C=O) groups is 13. The molecule has 0 unspecified atom stereocenters. The van der Waals surface area contributed by atoms with Crippen molar-refractivity contribution in [2.75, 3.05) is 52.4 Å². The molecule has 1 rings (SSSR count). The second kappa shape index (κ2) is 40.4. The number of rotatable bonds is 42. The van der Waals surface area contributed by atoms with Gasteiger partial charge in [-0.2, -0.15) is 0 Å². The molecule has 476 valence electrons. The monoisotopic (exact) mass is 1200 g/mol. The van der Waals surface area contributed by atoms with E-state index >= 15 is 0 Å². The van der Waals surface area contributed by atoms with Crippen LogP contribution in [0, 0.1) is 0 Å². The van der Waals surface area contributed by atoms with Crippen LogP contribution in [0.25, 0.3) is 0 Å². The second-order valence-corrected chi connectivity index (χ2v) is 20.1. The van der Waals surface area contributed by atoms with Crippen LogP contribution in [-0.4, -0.2) is 216 Å². The zero-order valence-corrected chi connectivity index (χ0v) is 48.0. The summed E-state index contributed by atoms with van der Waals surface area (Å²) in [5, 5.41) is 53.9. The minimum atomic E-state index is -1.68. The molecule has 1 fully saturated rings. The van der Waals surface area contributed by atoms with Crippen molar-refractivity contribution in [3.8, 4) is 0 Å². The molecule has 1 aliphatic rings. The maximum Gasteiger partial charge on any atom is 0.326 e. The summed E-state index contributed by atoms with van der Waals surface area (Å²) in [6.07, 6.45) is 1.03. The van der Waals surface area contributed by atoms with E-state index in [1.807, 2.05) is 0 Å². The Bertz CT molecular complexity index is 2260. The van der Waals surface area contributed by atoms with Crippen molar-refractivity contribution in [2.45, 2.75) is 178 Å². The van der Waals surface area contributed by atoms with Gasteiger partial charge in [0, 0.05) is 33.0 Å². The van der Waals surface area contributed by atoms with Crippen molar-refractivity contribution >= 4 is 82.8 Å². The Labute approximate surface area is 486 Å². The van der Waals surface area contributed by atoms with Crippen molar-refractivity contribution in [2.24, 2.45) is 39.4 Å². The van der Waals surface area contributed by atoms with E-state index in [1.54, 1.807) is 0 Å². The molecule has 0 saturated carbocycles. The number of aliphatic imine (C=N–C) groups is 1. The van der Waals surface area contributed by atoms with Gasteiger partial charge in [0.1, 0.15) is 48.3 Å². The number of primary amides is 1. The quantitative estimate of drug-likeness (QED) is 0.0153. The number of amides is 12. The molecule has 25 N–H and O–H groups in total. The highest BCUT2D eigenvalue weighted by Gasteiger charge is 2.39. The Morgan fingerprint density at radius 1 is 0.595 bits per heavy atom. The fourth-order valence-electron chi connectivity index (χ4n) is 8.36. The average molecular weight is 1200 g/mol. The maximum absolute atomic E-state index is 14.1. The third kappa shape index (κ3) is 29.4. The van der Waals surface area contributed by atoms with E-state index in [0.717, 1.165) is 6.92 Å². The first-order valence-corrected chi connectivity index (χ1v) is 27.9. The van der Waals surface area contributed by atoms with Gasteiger partial charge in [0.15, 0.2) is 5.96 Å². The lowest BCUT2D eigenvalue weighted by atomic mass is 10.0. The first kappa shape index (κ1) is 74.2. The number of unbranched alkanes of at least 4 members (excludes halogenated alkanes) is 3. The summed E-state index contributed by atoms with van der Waals surface area (Å²) in [6.45, 7) is 2.34. The third-order valence-electron chi connectivity index (χ3n) is 13.0. The minimum absolute atomic E-state index is 0.00495. The van der Waals surface area contributed by atoms with E-state index in [1.165, 1.54) is 18.7 Å². The standard InChI is InChI=1S/C50H90N18O16/c1-27(48(82)68-23-11-16-36(68)46(80)64-33(15-10-22-58-50(55)56)43(77)63-32(13-5-8-20-52)44(78)65-34(49(83)84)17-18-37(54)72)61-42(76)31(14-6-9-21-57-29(3)71)62-39(74)25-59-38(73)24-60-47(81)40(28(2)70)67-45(79)35(26-69)66-41(75)30(53)12-4-7-19-51/h27-28,30-36,40,69-70H,4-26,51-53H2,1-3H3,(H2,54,72)(H,57,71)(H,59,73)(H,60,81)(H,61,76)(H,62,74)(H,63,77)(H,64,80)(H,65,78)(H,66,75)(H,67,79)(H,83,84)(H4,55,56,58)/t27-,28+,30-,31-,32-,33-,34-,35-,36-,40-/m0/s1. The fourth-order valence-corrected chi connectivity index (χ4v) is 8.36. The van der Waals surface area contributed by atoms with E-state index in [0.29, 0.717) is 45.1 Å². The van der Waals surface area contributed by atoms with Crippen molar-refractivity contribution in [1.29, 1.82) is 0 Å². The average Bonchev–Trinajstić information content (AvgIpc) is 4.18. The second-order valence-electron chi connectivity index (χ2n) is 20.1. The molecule has 84 heavy (non-hydrogen) atoms. The molecule has 1 heterocycles. The van der Waals surface area contributed by atoms with Crippen molar-refractivity contribution < 1.29 is 77.6 Å². The number of hydrogen-bond donors (Lipinski definition) is 19. The Hall–Kier alpha value is -7.82. The number of nitrogens with zero attached hydrogens (tertiary/aromatic N) is 2. The number of likely N-dealkylation sites (tertiary alicyclic amines) is 1. The van der Waals surface area contributed by atoms with E-state index in [2.05, 4.69) is 58.2 Å². The first-order valence-electron chi connectivity index (χ1n) is 27.9. The first-order chi connectivity index (χ1) is 39.7. The van der Waals surface area contributed by atoms with E-state index in [9.17, 15) is 77.6 Å². The van der Waals surface area contributed by atoms with Gasteiger partial charge in [0.2, 0.25) is 70.9 Å². The van der Waals surface area contributed by atoms with E-state index in [-0.39, 0.29) is 95.8 Å². The minimum Gasteiger partial charge on any atom is -0.480 e. The molecular weight excluding hydrogens is 1110 g/mol. The summed E-state index contributed by atoms with van der Waals surface area (Å²) >= 11 is 0. The summed E-state index contributed by atoms with van der Waals surface area (Å²) in [6, 6.07) is -12.3. The molecular formula is C50H90N18O16. The molecule has 0 aliphatic carbocycles. The van der Waals surface area contributed by atoms with E-state index in [4.69, 9.17) is 34.4 Å². The van der Waals surface area contributed by atoms with Crippen LogP contribution in [0.2, 0.25) is 0 Å². The van der Waals surface area contributed by atoms with Gasteiger partial charge in [-0.1, -0.05) is 6.42 Å². The Morgan fingerprint density at radius 3 is 1.70 bits per heavy atom. The van der Waals surface area contributed by atoms with Crippen LogP contribution < -0.4 is 87.6 Å². The summed E-state index contributed by atoms with van der Waals surface area (Å²) in [5.41, 5.74) is 33.1. The SMILES string of the molecule is CC(=O)NCCCC[C@H](NC(=O)CNC(=O)CNC(=O)[C@@H](NC(=O)[C@H](CO)NC(=O)[C@@H](N)CCCCN)[C@@H](C)O)C(=O)N[C@@H](C)C(=O)N1CCC[C@H]1C(=O)N[C@@H](CCCN=C(N)N)C(=O)N[C@@H](CCCCN)C(=O)N[C@@H](CCC(N)=O)C(=O)O. The normalized spacial score (nSPS) is 16.0. The lowest BCUT2D eigenvalue weighted by Gasteiger charge is -2.30. The zero-order chi connectivity index (χ0) is 63.5. The van der Waals surface area contributed by atoms with Gasteiger partial charge in [-0.3, -0.25) is 62.5 Å². The predicted molar refractivity (Wildman–Crippen MR) is 301 cm³/mol. The molecule has 34 heteroatoms. The molecule has 0 aromatic heterocycles. The number of carbonyl (C=O) groups excluding carboxylic acids is 12. The highest BCUT2D eigenvalue weighted by Crippen LogP contribution is 2.20. The fraction of sp³-hybridized carbons (Fsp3) is 0.720. The van der Waals surface area contributed by atoms with Crippen molar-refractivity contribution in [3.63, 3.8) is 0 Å². The molecule has 1 saturated heterocycles. The van der Waals surface area contributed by atoms with Crippen LogP contribution in [0.15, 0.2) is 4.99 Å². The van der Waals surface area contributed by atoms with E-state index < -0.39 is 151 Å². The molecule has 0 bridgehead atoms. The number of aliphatic hydroxyl groups excluding tert-OH is 2. The molecule has 1 aliphatic heterocycles. The molecule has 0 aromatic rings. The number of carboxylic acids is 1. The predicted octanol–water partition coefficient (Wildman–Crippen LogP) is -8.71. The maximum atomic E-state index is 14.1. The van der Waals surface area contributed by atoms with Gasteiger partial charge < -0.3 is 108 Å². The molecule has 0 aromatic carbocycles. The molecule has 10 atom stereocenters. The smallest absolute Gasteiger partial charge is 0.326 e. The lowest BCUT2D eigenvalue weighted by molar-refractivity contribution is -0.143. The number of nitrogens with one attached hydrogen (secondary N) is 10. The van der Waals surface area contributed by atoms with Gasteiger partial charge >= 0.3 is 5.97 Å². The van der Waals surface area contributed by atoms with Crippen LogP contribution in [-0.2, 0) is 62.3 Å². The summed E-state index contributed by atoms with van der Waals surface area (Å²) in [5.74, 6) is -11.5. The van der Waals surface area contributed by atoms with Crippen LogP contribution in [0.4, 0.5) is 0 Å². The molecule has 0 radical (unpaired) electrons. The third-order valence-corrected chi connectivity index (χ3v) is 13.0. The highest BCUT2D eigenvalue weighted by atomic mass is 16.4. The summed E-state index contributed by atoms with van der Waals surface area (Å²) in [4.78, 5) is 174. The molecule has 12 amide bonds. The van der Waals surface area contributed by atoms with Crippen LogP contribution >= 0.6 is 0 Å². The van der Waals surface area contributed by atoms with Crippen molar-refractivity contribution in [1.82, 2.24) is 58.1 Å². The largest absolute Gasteiger partial charge is 0.480 e. The van der Waals surface area contributed by atoms with Crippen LogP contribution in [0.1, 0.15) is 117 Å². The summed E-state index contributed by atoms with van der Waals surface area (Å²) < 4.78 is 0. The Morgan fingerprint density at radius 2 is 1.13 bits per heavy atom. The number of guanidine groups is 1. The van der Waals surface area contributed by atoms with Gasteiger partial charge in [0.25, 0.3) is 0 Å². The number of aliphatic carboxylic acids is 1. The lowest BCUT2D eigenvalue weighted by Crippen LogP contribution is -2.59. The highest BCUT2D eigenvalue weighted by molar-refractivity contribution is 5.98. The van der Waals surface area contributed by atoms with Gasteiger partial charge in [0.05, 0.1) is 31.8 Å². The Balaban J connectivity index is 3.17. The summed E-state index contributed by atoms with van der Waals surface area (Å²) in [7, 11) is 0. The topological polar surface area (TPSA) is 575 Å². The van der Waals surface area contributed by atoms with Gasteiger partial charge in [-0.05, 0) is 110 Å². The number of carboxylic acid groups (broad SMARTS) is 1. The Kier molecular flexibility index (Phi) is 35.7. The number of nitrogens with two attached hydrogens (primary N) is 6.